The Morgan fingerprint density at radius 1 is 1.29 bits per heavy atom. The standard InChI is InChI=1S/C14H25N3O3S/c1-4-20-14-8-7-13(11-16-14)17-21(18,19)10-6-5-9-15-12(2)3/h7-8,11-12,15,17H,4-6,9-10H2,1-3H3. The van der Waals surface area contributed by atoms with Crippen LogP contribution in [0.25, 0.3) is 0 Å². The molecule has 21 heavy (non-hydrogen) atoms. The van der Waals surface area contributed by atoms with Gasteiger partial charge in [-0.05, 0) is 32.4 Å². The van der Waals surface area contributed by atoms with Gasteiger partial charge in [0.2, 0.25) is 15.9 Å². The lowest BCUT2D eigenvalue weighted by molar-refractivity contribution is 0.327. The van der Waals surface area contributed by atoms with Crippen molar-refractivity contribution >= 4 is 15.7 Å². The van der Waals surface area contributed by atoms with Gasteiger partial charge in [0.25, 0.3) is 0 Å². The number of pyridine rings is 1. The van der Waals surface area contributed by atoms with Gasteiger partial charge >= 0.3 is 0 Å². The number of rotatable bonds is 10. The summed E-state index contributed by atoms with van der Waals surface area (Å²) in [6.07, 6.45) is 2.92. The zero-order chi connectivity index (χ0) is 15.7. The van der Waals surface area contributed by atoms with Crippen LogP contribution in [0, 0.1) is 0 Å². The first-order chi connectivity index (χ1) is 9.93. The van der Waals surface area contributed by atoms with Crippen LogP contribution in [0.15, 0.2) is 18.3 Å². The molecule has 1 aromatic heterocycles. The molecule has 0 aliphatic carbocycles. The lowest BCUT2D eigenvalue weighted by Crippen LogP contribution is -2.24. The summed E-state index contributed by atoms with van der Waals surface area (Å²) in [7, 11) is -3.32. The molecule has 0 aliphatic rings. The van der Waals surface area contributed by atoms with Crippen LogP contribution in [-0.4, -0.2) is 38.3 Å². The fraction of sp³-hybridized carbons (Fsp3) is 0.643. The molecule has 1 rings (SSSR count). The van der Waals surface area contributed by atoms with Gasteiger partial charge in [-0.2, -0.15) is 0 Å². The second-order valence-electron chi connectivity index (χ2n) is 5.05. The zero-order valence-electron chi connectivity index (χ0n) is 12.9. The SMILES string of the molecule is CCOc1ccc(NS(=O)(=O)CCCCNC(C)C)cn1. The molecule has 0 bridgehead atoms. The van der Waals surface area contributed by atoms with E-state index in [9.17, 15) is 8.42 Å². The minimum Gasteiger partial charge on any atom is -0.478 e. The van der Waals surface area contributed by atoms with E-state index in [1.54, 1.807) is 12.1 Å². The van der Waals surface area contributed by atoms with Crippen molar-refractivity contribution in [2.24, 2.45) is 0 Å². The molecule has 0 aromatic carbocycles. The van der Waals surface area contributed by atoms with E-state index in [2.05, 4.69) is 28.9 Å². The Labute approximate surface area is 127 Å². The predicted molar refractivity (Wildman–Crippen MR) is 85.2 cm³/mol. The van der Waals surface area contributed by atoms with Crippen LogP contribution in [0.5, 0.6) is 5.88 Å². The number of ether oxygens (including phenoxy) is 1. The quantitative estimate of drug-likeness (QED) is 0.646. The van der Waals surface area contributed by atoms with Gasteiger partial charge in [-0.15, -0.1) is 0 Å². The minimum absolute atomic E-state index is 0.111. The van der Waals surface area contributed by atoms with Crippen LogP contribution in [0.4, 0.5) is 5.69 Å². The van der Waals surface area contributed by atoms with Crippen molar-refractivity contribution in [1.82, 2.24) is 10.3 Å². The van der Waals surface area contributed by atoms with Crippen LogP contribution in [0.3, 0.4) is 0 Å². The molecule has 0 atom stereocenters. The average Bonchev–Trinajstić information content (AvgIpc) is 2.40. The summed E-state index contributed by atoms with van der Waals surface area (Å²) < 4.78 is 31.6. The summed E-state index contributed by atoms with van der Waals surface area (Å²) in [5.41, 5.74) is 0.457. The number of hydrogen-bond donors (Lipinski definition) is 2. The van der Waals surface area contributed by atoms with Crippen molar-refractivity contribution in [1.29, 1.82) is 0 Å². The van der Waals surface area contributed by atoms with Gasteiger partial charge in [-0.25, -0.2) is 13.4 Å². The zero-order valence-corrected chi connectivity index (χ0v) is 13.7. The number of nitrogens with one attached hydrogen (secondary N) is 2. The molecule has 0 amide bonds. The molecule has 0 unspecified atom stereocenters. The molecule has 1 heterocycles. The second kappa shape index (κ2) is 8.84. The van der Waals surface area contributed by atoms with Gasteiger partial charge in [-0.1, -0.05) is 13.8 Å². The highest BCUT2D eigenvalue weighted by atomic mass is 32.2. The van der Waals surface area contributed by atoms with E-state index in [-0.39, 0.29) is 5.75 Å². The van der Waals surface area contributed by atoms with Gasteiger partial charge < -0.3 is 10.1 Å². The number of hydrogen-bond acceptors (Lipinski definition) is 5. The Kier molecular flexibility index (Phi) is 7.45. The van der Waals surface area contributed by atoms with Gasteiger partial charge in [0, 0.05) is 12.1 Å². The Morgan fingerprint density at radius 2 is 2.05 bits per heavy atom. The van der Waals surface area contributed by atoms with Crippen LogP contribution < -0.4 is 14.8 Å². The fourth-order valence-electron chi connectivity index (χ4n) is 1.71. The molecular weight excluding hydrogens is 290 g/mol. The van der Waals surface area contributed by atoms with Gasteiger partial charge in [0.05, 0.1) is 24.2 Å². The third-order valence-electron chi connectivity index (χ3n) is 2.69. The van der Waals surface area contributed by atoms with Crippen LogP contribution in [0.1, 0.15) is 33.6 Å². The number of anilines is 1. The molecule has 0 radical (unpaired) electrons. The first kappa shape index (κ1) is 17.7. The van der Waals surface area contributed by atoms with E-state index in [1.165, 1.54) is 6.20 Å². The topological polar surface area (TPSA) is 80.3 Å². The summed E-state index contributed by atoms with van der Waals surface area (Å²) >= 11 is 0. The number of aromatic nitrogens is 1. The summed E-state index contributed by atoms with van der Waals surface area (Å²) in [5, 5.41) is 3.26. The Balaban J connectivity index is 2.37. The molecule has 0 aliphatic heterocycles. The maximum Gasteiger partial charge on any atom is 0.232 e. The molecule has 6 nitrogen and oxygen atoms in total. The summed E-state index contributed by atoms with van der Waals surface area (Å²) in [6.45, 7) is 7.36. The predicted octanol–water partition coefficient (Wildman–Crippen LogP) is 2.00. The van der Waals surface area contributed by atoms with Crippen molar-refractivity contribution in [2.45, 2.75) is 39.7 Å². The highest BCUT2D eigenvalue weighted by Crippen LogP contribution is 2.13. The van der Waals surface area contributed by atoms with Crippen molar-refractivity contribution in [3.05, 3.63) is 18.3 Å². The number of unbranched alkanes of at least 4 members (excludes halogenated alkanes) is 1. The Bertz CT molecular complexity index is 501. The van der Waals surface area contributed by atoms with Gasteiger partial charge in [0.1, 0.15) is 0 Å². The highest BCUT2D eigenvalue weighted by molar-refractivity contribution is 7.92. The lowest BCUT2D eigenvalue weighted by Gasteiger charge is -2.10. The molecular formula is C14H25N3O3S. The highest BCUT2D eigenvalue weighted by Gasteiger charge is 2.10. The van der Waals surface area contributed by atoms with Crippen molar-refractivity contribution in [3.8, 4) is 5.88 Å². The van der Waals surface area contributed by atoms with E-state index >= 15 is 0 Å². The van der Waals surface area contributed by atoms with Gasteiger partial charge in [-0.3, -0.25) is 4.72 Å². The van der Waals surface area contributed by atoms with Crippen LogP contribution in [0.2, 0.25) is 0 Å². The lowest BCUT2D eigenvalue weighted by atomic mass is 10.3. The molecule has 0 spiro atoms. The fourth-order valence-corrected chi connectivity index (χ4v) is 2.88. The first-order valence-electron chi connectivity index (χ1n) is 7.25. The molecule has 0 saturated carbocycles. The van der Waals surface area contributed by atoms with Crippen molar-refractivity contribution < 1.29 is 13.2 Å². The Morgan fingerprint density at radius 3 is 2.62 bits per heavy atom. The summed E-state index contributed by atoms with van der Waals surface area (Å²) in [4.78, 5) is 4.02. The first-order valence-corrected chi connectivity index (χ1v) is 8.91. The van der Waals surface area contributed by atoms with Crippen LogP contribution in [-0.2, 0) is 10.0 Å². The van der Waals surface area contributed by atoms with Crippen LogP contribution >= 0.6 is 0 Å². The third kappa shape index (κ3) is 7.87. The monoisotopic (exact) mass is 315 g/mol. The molecule has 7 heteroatoms. The van der Waals surface area contributed by atoms with E-state index in [0.717, 1.165) is 13.0 Å². The maximum atomic E-state index is 11.9. The Hall–Kier alpha value is -1.34. The van der Waals surface area contributed by atoms with E-state index in [0.29, 0.717) is 30.6 Å². The molecule has 0 saturated heterocycles. The summed E-state index contributed by atoms with van der Waals surface area (Å²) in [5.74, 6) is 0.597. The molecule has 2 N–H and O–H groups in total. The van der Waals surface area contributed by atoms with Crippen molar-refractivity contribution in [2.75, 3.05) is 23.6 Å². The average molecular weight is 315 g/mol. The second-order valence-corrected chi connectivity index (χ2v) is 6.90. The normalized spacial score (nSPS) is 11.6. The number of nitrogens with zero attached hydrogens (tertiary/aromatic N) is 1. The minimum atomic E-state index is -3.32. The maximum absolute atomic E-state index is 11.9. The van der Waals surface area contributed by atoms with E-state index in [1.807, 2.05) is 6.92 Å². The largest absolute Gasteiger partial charge is 0.478 e. The number of sulfonamides is 1. The third-order valence-corrected chi connectivity index (χ3v) is 4.07. The molecule has 1 aromatic rings. The molecule has 120 valence electrons. The molecule has 0 fully saturated rings. The van der Waals surface area contributed by atoms with Crippen molar-refractivity contribution in [3.63, 3.8) is 0 Å². The summed E-state index contributed by atoms with van der Waals surface area (Å²) in [6, 6.07) is 3.72. The van der Waals surface area contributed by atoms with Gasteiger partial charge in [0.15, 0.2) is 0 Å². The van der Waals surface area contributed by atoms with E-state index < -0.39 is 10.0 Å². The smallest absolute Gasteiger partial charge is 0.232 e. The van der Waals surface area contributed by atoms with E-state index in [4.69, 9.17) is 4.74 Å².